The van der Waals surface area contributed by atoms with Crippen molar-refractivity contribution in [3.05, 3.63) is 59.6 Å². The zero-order chi connectivity index (χ0) is 26.1. The maximum Gasteiger partial charge on any atom is 0.214 e. The first-order valence-electron chi connectivity index (χ1n) is 13.4. The summed E-state index contributed by atoms with van der Waals surface area (Å²) in [5.41, 5.74) is 1.86. The van der Waals surface area contributed by atoms with E-state index in [0.717, 1.165) is 71.8 Å². The van der Waals surface area contributed by atoms with Crippen LogP contribution in [0.4, 0.5) is 0 Å². The molecule has 6 rings (SSSR count). The van der Waals surface area contributed by atoms with Gasteiger partial charge in [0.25, 0.3) is 0 Å². The van der Waals surface area contributed by atoms with Crippen molar-refractivity contribution in [1.29, 1.82) is 0 Å². The van der Waals surface area contributed by atoms with Crippen molar-refractivity contribution in [2.75, 3.05) is 25.4 Å². The van der Waals surface area contributed by atoms with Gasteiger partial charge in [0.05, 0.1) is 24.3 Å². The second kappa shape index (κ2) is 10.8. The van der Waals surface area contributed by atoms with Crippen LogP contribution >= 0.6 is 11.6 Å². The summed E-state index contributed by atoms with van der Waals surface area (Å²) in [5, 5.41) is 12.6. The molecule has 4 aromatic rings. The fraction of sp³-hybridized carbons (Fsp3) is 0.464. The number of benzene rings is 1. The van der Waals surface area contributed by atoms with Crippen LogP contribution in [0, 0.1) is 11.8 Å². The van der Waals surface area contributed by atoms with E-state index in [9.17, 15) is 8.42 Å². The molecule has 0 spiro atoms. The van der Waals surface area contributed by atoms with Crippen LogP contribution in [0.25, 0.3) is 21.8 Å². The Labute approximate surface area is 227 Å². The van der Waals surface area contributed by atoms with Gasteiger partial charge in [0, 0.05) is 58.5 Å². The summed E-state index contributed by atoms with van der Waals surface area (Å²) < 4.78 is 34.4. The molecular weight excluding hydrogens is 522 g/mol. The van der Waals surface area contributed by atoms with Crippen LogP contribution in [-0.4, -0.2) is 58.3 Å². The summed E-state index contributed by atoms with van der Waals surface area (Å²) in [6.45, 7) is 1.63. The van der Waals surface area contributed by atoms with Gasteiger partial charge in [-0.25, -0.2) is 17.7 Å². The maximum atomic E-state index is 13.4. The minimum absolute atomic E-state index is 0.166. The van der Waals surface area contributed by atoms with Crippen LogP contribution in [-0.2, 0) is 10.0 Å². The topological polar surface area (TPSA) is 101 Å². The fourth-order valence-electron chi connectivity index (χ4n) is 6.06. The second-order valence-electron chi connectivity index (χ2n) is 10.7. The minimum atomic E-state index is -3.32. The largest absolute Gasteiger partial charge is 0.493 e. The Morgan fingerprint density at radius 3 is 2.66 bits per heavy atom. The van der Waals surface area contributed by atoms with Crippen molar-refractivity contribution in [3.8, 4) is 5.75 Å². The standard InChI is InChI=1S/C28H32ClN5O3S/c29-23-7-9-24(10-8-23)37-17-20-2-1-13-34(16-20)38(35,36)18-19-3-5-21(6-4-19)27-26-22(15-32-33-27)14-31-28-25(26)11-12-30-28/h7-12,14-15,19-21H,1-6,13,16-18H2,(H,30,31). The molecule has 1 aliphatic heterocycles. The Morgan fingerprint density at radius 1 is 1.03 bits per heavy atom. The highest BCUT2D eigenvalue weighted by Gasteiger charge is 2.34. The number of sulfonamides is 1. The van der Waals surface area contributed by atoms with Crippen molar-refractivity contribution in [2.24, 2.45) is 11.8 Å². The second-order valence-corrected chi connectivity index (χ2v) is 13.1. The van der Waals surface area contributed by atoms with E-state index in [1.54, 1.807) is 22.6 Å². The monoisotopic (exact) mass is 553 g/mol. The summed E-state index contributed by atoms with van der Waals surface area (Å²) >= 11 is 5.95. The third-order valence-corrected chi connectivity index (χ3v) is 10.4. The number of aromatic amines is 1. The van der Waals surface area contributed by atoms with Gasteiger partial charge in [0.15, 0.2) is 0 Å². The van der Waals surface area contributed by atoms with Crippen LogP contribution in [0.15, 0.2) is 48.9 Å². The molecule has 200 valence electrons. The molecule has 1 aromatic carbocycles. The van der Waals surface area contributed by atoms with E-state index in [0.29, 0.717) is 24.7 Å². The van der Waals surface area contributed by atoms with Crippen molar-refractivity contribution in [2.45, 2.75) is 44.4 Å². The number of H-pyrrole nitrogens is 1. The van der Waals surface area contributed by atoms with E-state index in [1.807, 2.05) is 30.6 Å². The van der Waals surface area contributed by atoms with Crippen molar-refractivity contribution in [3.63, 3.8) is 0 Å². The lowest BCUT2D eigenvalue weighted by Gasteiger charge is -2.34. The lowest BCUT2D eigenvalue weighted by molar-refractivity contribution is 0.179. The van der Waals surface area contributed by atoms with E-state index in [1.165, 1.54) is 0 Å². The highest BCUT2D eigenvalue weighted by Crippen LogP contribution is 2.39. The fourth-order valence-corrected chi connectivity index (χ4v) is 8.17. The van der Waals surface area contributed by atoms with Crippen LogP contribution in [0.5, 0.6) is 5.75 Å². The third kappa shape index (κ3) is 5.37. The number of ether oxygens (including phenoxy) is 1. The highest BCUT2D eigenvalue weighted by atomic mass is 35.5. The molecule has 0 bridgehead atoms. The molecule has 0 amide bonds. The Hall–Kier alpha value is -2.75. The molecule has 2 fully saturated rings. The summed E-state index contributed by atoms with van der Waals surface area (Å²) in [5.74, 6) is 1.61. The lowest BCUT2D eigenvalue weighted by Crippen LogP contribution is -2.43. The predicted molar refractivity (Wildman–Crippen MR) is 149 cm³/mol. The van der Waals surface area contributed by atoms with Crippen LogP contribution in [0.1, 0.15) is 50.1 Å². The molecular formula is C28H32ClN5O3S. The average molecular weight is 554 g/mol. The van der Waals surface area contributed by atoms with Crippen LogP contribution < -0.4 is 4.74 Å². The van der Waals surface area contributed by atoms with Gasteiger partial charge < -0.3 is 9.72 Å². The zero-order valence-corrected chi connectivity index (χ0v) is 22.8. The predicted octanol–water partition coefficient (Wildman–Crippen LogP) is 5.55. The number of hydrogen-bond acceptors (Lipinski definition) is 6. The average Bonchev–Trinajstić information content (AvgIpc) is 3.42. The van der Waals surface area contributed by atoms with E-state index >= 15 is 0 Å². The number of hydrogen-bond donors (Lipinski definition) is 1. The number of halogens is 1. The summed E-state index contributed by atoms with van der Waals surface area (Å²) in [7, 11) is -3.32. The molecule has 2 aliphatic rings. The van der Waals surface area contributed by atoms with Gasteiger partial charge in [-0.2, -0.15) is 10.2 Å². The van der Waals surface area contributed by atoms with Crippen molar-refractivity contribution < 1.29 is 13.2 Å². The third-order valence-electron chi connectivity index (χ3n) is 8.09. The summed E-state index contributed by atoms with van der Waals surface area (Å²) in [4.78, 5) is 7.66. The van der Waals surface area contributed by atoms with Crippen molar-refractivity contribution in [1.82, 2.24) is 24.5 Å². The van der Waals surface area contributed by atoms with E-state index in [4.69, 9.17) is 16.3 Å². The lowest BCUT2D eigenvalue weighted by atomic mass is 9.80. The molecule has 1 aliphatic carbocycles. The van der Waals surface area contributed by atoms with Gasteiger partial charge in [-0.1, -0.05) is 11.6 Å². The van der Waals surface area contributed by atoms with Crippen LogP contribution in [0.3, 0.4) is 0 Å². The molecule has 3 aromatic heterocycles. The van der Waals surface area contributed by atoms with E-state index in [-0.39, 0.29) is 23.5 Å². The number of pyridine rings is 1. The normalized spacial score (nSPS) is 23.1. The highest BCUT2D eigenvalue weighted by molar-refractivity contribution is 7.89. The van der Waals surface area contributed by atoms with Gasteiger partial charge in [-0.3, -0.25) is 0 Å². The number of nitrogens with zero attached hydrogens (tertiary/aromatic N) is 4. The Morgan fingerprint density at radius 2 is 1.84 bits per heavy atom. The smallest absolute Gasteiger partial charge is 0.214 e. The van der Waals surface area contributed by atoms with Gasteiger partial charge in [-0.15, -0.1) is 0 Å². The molecule has 10 heteroatoms. The summed E-state index contributed by atoms with van der Waals surface area (Å²) in [6.07, 6.45) is 10.9. The maximum absolute atomic E-state index is 13.4. The Bertz CT molecular complexity index is 1520. The molecule has 8 nitrogen and oxygen atoms in total. The number of nitrogens with one attached hydrogen (secondary N) is 1. The van der Waals surface area contributed by atoms with Gasteiger partial charge in [0.1, 0.15) is 11.4 Å². The van der Waals surface area contributed by atoms with Gasteiger partial charge >= 0.3 is 0 Å². The van der Waals surface area contributed by atoms with Gasteiger partial charge in [-0.05, 0) is 74.8 Å². The zero-order valence-electron chi connectivity index (χ0n) is 21.2. The van der Waals surface area contributed by atoms with Crippen molar-refractivity contribution >= 4 is 43.4 Å². The minimum Gasteiger partial charge on any atom is -0.493 e. The SMILES string of the molecule is O=S(=O)(CC1CCC(c2nncc3cnc4[nH]ccc4c23)CC1)N1CCCC(COc2ccc(Cl)cc2)C1. The number of fused-ring (bicyclic) bond motifs is 3. The number of aromatic nitrogens is 4. The Kier molecular flexibility index (Phi) is 7.24. The van der Waals surface area contributed by atoms with E-state index in [2.05, 4.69) is 20.2 Å². The molecule has 38 heavy (non-hydrogen) atoms. The molecule has 1 atom stereocenters. The molecule has 1 saturated heterocycles. The first-order valence-corrected chi connectivity index (χ1v) is 15.4. The number of piperidine rings is 1. The summed E-state index contributed by atoms with van der Waals surface area (Å²) in [6, 6.07) is 9.33. The van der Waals surface area contributed by atoms with Crippen LogP contribution in [0.2, 0.25) is 5.02 Å². The number of rotatable bonds is 7. The quantitative estimate of drug-likeness (QED) is 0.322. The molecule has 1 saturated carbocycles. The van der Waals surface area contributed by atoms with E-state index < -0.39 is 10.0 Å². The molecule has 1 N–H and O–H groups in total. The van der Waals surface area contributed by atoms with Gasteiger partial charge in [0.2, 0.25) is 10.0 Å². The molecule has 4 heterocycles. The first-order chi connectivity index (χ1) is 18.5. The molecule has 1 unspecified atom stereocenters. The Balaban J connectivity index is 1.07. The first kappa shape index (κ1) is 25.5. The molecule has 0 radical (unpaired) electrons.